The largest absolute Gasteiger partial charge is 0.348 e. The second kappa shape index (κ2) is 7.70. The zero-order chi connectivity index (χ0) is 18.5. The third-order valence-electron chi connectivity index (χ3n) is 4.36. The van der Waals surface area contributed by atoms with Crippen molar-refractivity contribution >= 4 is 22.8 Å². The second-order valence-electron chi connectivity index (χ2n) is 6.25. The number of nitrogens with zero attached hydrogens (tertiary/aromatic N) is 2. The standard InChI is InChI=1S/C23H19N3O/c27-23(14-13-20-9-6-8-19-7-4-5-12-22(19)20)24-15-18-16-25-26(17-18)21-10-2-1-3-11-21/h1-14,16-17H,15H2,(H,24,27)/b14-13+. The summed E-state index contributed by atoms with van der Waals surface area (Å²) >= 11 is 0. The number of fused-ring (bicyclic) bond motifs is 1. The number of para-hydroxylation sites is 1. The molecular weight excluding hydrogens is 334 g/mol. The van der Waals surface area contributed by atoms with Gasteiger partial charge in [0, 0.05) is 24.4 Å². The quantitative estimate of drug-likeness (QED) is 0.542. The van der Waals surface area contributed by atoms with Gasteiger partial charge in [-0.25, -0.2) is 4.68 Å². The molecule has 0 unspecified atom stereocenters. The maximum atomic E-state index is 12.2. The first-order chi connectivity index (χ1) is 13.3. The first kappa shape index (κ1) is 16.8. The minimum absolute atomic E-state index is 0.129. The van der Waals surface area contributed by atoms with Crippen molar-refractivity contribution in [1.29, 1.82) is 0 Å². The number of benzene rings is 3. The molecule has 4 rings (SSSR count). The van der Waals surface area contributed by atoms with Gasteiger partial charge < -0.3 is 5.32 Å². The van der Waals surface area contributed by atoms with Crippen LogP contribution in [0.4, 0.5) is 0 Å². The number of nitrogens with one attached hydrogen (secondary N) is 1. The average Bonchev–Trinajstić information content (AvgIpc) is 3.20. The Morgan fingerprint density at radius 2 is 1.74 bits per heavy atom. The highest BCUT2D eigenvalue weighted by atomic mass is 16.1. The van der Waals surface area contributed by atoms with Gasteiger partial charge in [0.2, 0.25) is 5.91 Å². The number of carbonyl (C=O) groups is 1. The van der Waals surface area contributed by atoms with Gasteiger partial charge in [-0.15, -0.1) is 0 Å². The fraction of sp³-hybridized carbons (Fsp3) is 0.0435. The first-order valence-electron chi connectivity index (χ1n) is 8.82. The zero-order valence-corrected chi connectivity index (χ0v) is 14.7. The summed E-state index contributed by atoms with van der Waals surface area (Å²) in [5, 5.41) is 9.54. The summed E-state index contributed by atoms with van der Waals surface area (Å²) in [5.74, 6) is -0.129. The average molecular weight is 353 g/mol. The lowest BCUT2D eigenvalue weighted by molar-refractivity contribution is -0.116. The van der Waals surface area contributed by atoms with E-state index in [4.69, 9.17) is 0 Å². The van der Waals surface area contributed by atoms with Crippen molar-refractivity contribution in [2.75, 3.05) is 0 Å². The van der Waals surface area contributed by atoms with Gasteiger partial charge in [0.15, 0.2) is 0 Å². The molecule has 1 amide bonds. The molecule has 4 heteroatoms. The predicted molar refractivity (Wildman–Crippen MR) is 108 cm³/mol. The number of rotatable bonds is 5. The van der Waals surface area contributed by atoms with Crippen molar-refractivity contribution in [3.63, 3.8) is 0 Å². The van der Waals surface area contributed by atoms with Gasteiger partial charge in [-0.1, -0.05) is 60.7 Å². The van der Waals surface area contributed by atoms with E-state index in [-0.39, 0.29) is 5.91 Å². The van der Waals surface area contributed by atoms with Gasteiger partial charge in [-0.3, -0.25) is 4.79 Å². The molecule has 1 heterocycles. The lowest BCUT2D eigenvalue weighted by atomic mass is 10.0. The van der Waals surface area contributed by atoms with Crippen LogP contribution in [-0.4, -0.2) is 15.7 Å². The fourth-order valence-corrected chi connectivity index (χ4v) is 2.98. The van der Waals surface area contributed by atoms with E-state index in [9.17, 15) is 4.79 Å². The maximum absolute atomic E-state index is 12.2. The summed E-state index contributed by atoms with van der Waals surface area (Å²) in [6.07, 6.45) is 7.11. The van der Waals surface area contributed by atoms with Crippen LogP contribution in [0.15, 0.2) is 91.3 Å². The van der Waals surface area contributed by atoms with Gasteiger partial charge in [-0.05, 0) is 34.5 Å². The number of hydrogen-bond donors (Lipinski definition) is 1. The van der Waals surface area contributed by atoms with E-state index in [0.717, 1.165) is 27.6 Å². The van der Waals surface area contributed by atoms with Crippen molar-refractivity contribution in [2.24, 2.45) is 0 Å². The Morgan fingerprint density at radius 1 is 0.963 bits per heavy atom. The molecule has 4 nitrogen and oxygen atoms in total. The number of aromatic nitrogens is 2. The van der Waals surface area contributed by atoms with E-state index in [0.29, 0.717) is 6.54 Å². The highest BCUT2D eigenvalue weighted by Gasteiger charge is 2.03. The molecule has 1 aromatic heterocycles. The maximum Gasteiger partial charge on any atom is 0.244 e. The normalized spacial score (nSPS) is 11.1. The zero-order valence-electron chi connectivity index (χ0n) is 14.7. The fourth-order valence-electron chi connectivity index (χ4n) is 2.98. The Balaban J connectivity index is 1.40. The van der Waals surface area contributed by atoms with E-state index < -0.39 is 0 Å². The van der Waals surface area contributed by atoms with Crippen LogP contribution in [0.2, 0.25) is 0 Å². The van der Waals surface area contributed by atoms with Crippen LogP contribution < -0.4 is 5.32 Å². The topological polar surface area (TPSA) is 46.9 Å². The van der Waals surface area contributed by atoms with Crippen molar-refractivity contribution in [3.8, 4) is 5.69 Å². The number of hydrogen-bond acceptors (Lipinski definition) is 2. The predicted octanol–water partition coefficient (Wildman–Crippen LogP) is 4.36. The minimum atomic E-state index is -0.129. The molecule has 1 N–H and O–H groups in total. The van der Waals surface area contributed by atoms with Crippen LogP contribution in [-0.2, 0) is 11.3 Å². The van der Waals surface area contributed by atoms with Crippen molar-refractivity contribution in [3.05, 3.63) is 102 Å². The summed E-state index contributed by atoms with van der Waals surface area (Å²) in [7, 11) is 0. The molecule has 0 spiro atoms. The summed E-state index contributed by atoms with van der Waals surface area (Å²) in [6, 6.07) is 24.1. The molecule has 4 aromatic rings. The van der Waals surface area contributed by atoms with Gasteiger partial charge in [0.1, 0.15) is 0 Å². The Hall–Kier alpha value is -3.66. The number of amides is 1. The van der Waals surface area contributed by atoms with Crippen LogP contribution in [0.1, 0.15) is 11.1 Å². The summed E-state index contributed by atoms with van der Waals surface area (Å²) < 4.78 is 1.80. The van der Waals surface area contributed by atoms with E-state index in [1.165, 1.54) is 0 Å². The van der Waals surface area contributed by atoms with Gasteiger partial charge in [-0.2, -0.15) is 5.10 Å². The third kappa shape index (κ3) is 3.96. The molecule has 0 aliphatic rings. The molecule has 0 aliphatic heterocycles. The number of carbonyl (C=O) groups excluding carboxylic acids is 1. The van der Waals surface area contributed by atoms with Crippen LogP contribution in [0.25, 0.3) is 22.5 Å². The highest BCUT2D eigenvalue weighted by molar-refractivity contribution is 5.96. The third-order valence-corrected chi connectivity index (χ3v) is 4.36. The van der Waals surface area contributed by atoms with Crippen molar-refractivity contribution < 1.29 is 4.79 Å². The Labute approximate surface area is 157 Å². The van der Waals surface area contributed by atoms with E-state index in [2.05, 4.69) is 28.6 Å². The first-order valence-corrected chi connectivity index (χ1v) is 8.82. The SMILES string of the molecule is O=C(/C=C/c1cccc2ccccc12)NCc1cnn(-c2ccccc2)c1. The minimum Gasteiger partial charge on any atom is -0.348 e. The monoisotopic (exact) mass is 353 g/mol. The van der Waals surface area contributed by atoms with Crippen LogP contribution in [0, 0.1) is 0 Å². The molecule has 27 heavy (non-hydrogen) atoms. The summed E-state index contributed by atoms with van der Waals surface area (Å²) in [5.41, 5.74) is 2.97. The van der Waals surface area contributed by atoms with Crippen LogP contribution >= 0.6 is 0 Å². The van der Waals surface area contributed by atoms with E-state index >= 15 is 0 Å². The highest BCUT2D eigenvalue weighted by Crippen LogP contribution is 2.19. The molecule has 0 fully saturated rings. The lowest BCUT2D eigenvalue weighted by Gasteiger charge is -2.02. The molecule has 0 saturated carbocycles. The van der Waals surface area contributed by atoms with Crippen molar-refractivity contribution in [2.45, 2.75) is 6.54 Å². The molecule has 132 valence electrons. The lowest BCUT2D eigenvalue weighted by Crippen LogP contribution is -2.19. The molecule has 3 aromatic carbocycles. The van der Waals surface area contributed by atoms with Gasteiger partial charge in [0.05, 0.1) is 11.9 Å². The van der Waals surface area contributed by atoms with Gasteiger partial charge >= 0.3 is 0 Å². The van der Waals surface area contributed by atoms with Crippen LogP contribution in [0.3, 0.4) is 0 Å². The Morgan fingerprint density at radius 3 is 2.63 bits per heavy atom. The van der Waals surface area contributed by atoms with E-state index in [1.807, 2.05) is 66.9 Å². The molecule has 0 atom stereocenters. The Kier molecular flexibility index (Phi) is 4.79. The van der Waals surface area contributed by atoms with Gasteiger partial charge in [0.25, 0.3) is 0 Å². The Bertz CT molecular complexity index is 1090. The van der Waals surface area contributed by atoms with E-state index in [1.54, 1.807) is 17.0 Å². The molecule has 0 radical (unpaired) electrons. The summed E-state index contributed by atoms with van der Waals surface area (Å²) in [6.45, 7) is 0.436. The molecular formula is C23H19N3O. The smallest absolute Gasteiger partial charge is 0.244 e. The molecule has 0 bridgehead atoms. The molecule has 0 aliphatic carbocycles. The van der Waals surface area contributed by atoms with Crippen LogP contribution in [0.5, 0.6) is 0 Å². The second-order valence-corrected chi connectivity index (χ2v) is 6.25. The van der Waals surface area contributed by atoms with Crippen molar-refractivity contribution in [1.82, 2.24) is 15.1 Å². The molecule has 0 saturated heterocycles. The summed E-state index contributed by atoms with van der Waals surface area (Å²) in [4.78, 5) is 12.2.